The molecule has 0 spiro atoms. The molecule has 1 atom stereocenters. The summed E-state index contributed by atoms with van der Waals surface area (Å²) in [5, 5.41) is 0.225. The number of rotatable bonds is 2. The average molecular weight is 243 g/mol. The van der Waals surface area contributed by atoms with Gasteiger partial charge >= 0.3 is 11.9 Å². The van der Waals surface area contributed by atoms with Crippen LogP contribution in [-0.2, 0) is 14.3 Å². The number of cyclic esters (lactones) is 2. The summed E-state index contributed by atoms with van der Waals surface area (Å²) in [6.45, 7) is 0. The van der Waals surface area contributed by atoms with Crippen molar-refractivity contribution in [2.75, 3.05) is 0 Å². The van der Waals surface area contributed by atoms with E-state index in [4.69, 9.17) is 11.6 Å². The molecule has 1 aliphatic heterocycles. The van der Waals surface area contributed by atoms with Crippen LogP contribution in [0.5, 0.6) is 0 Å². The Labute approximate surface area is 95.7 Å². The van der Waals surface area contributed by atoms with Gasteiger partial charge in [0.15, 0.2) is 0 Å². The van der Waals surface area contributed by atoms with E-state index in [2.05, 4.69) is 4.74 Å². The maximum absolute atomic E-state index is 11.2. The van der Waals surface area contributed by atoms with Gasteiger partial charge in [-0.3, -0.25) is 9.59 Å². The fraction of sp³-hybridized carbons (Fsp3) is 0.200. The molecular weight excluding hydrogens is 236 g/mol. The second-order valence-corrected chi connectivity index (χ2v) is 4.77. The molecule has 3 nitrogen and oxygen atoms in total. The van der Waals surface area contributed by atoms with Crippen LogP contribution >= 0.6 is 23.4 Å². The van der Waals surface area contributed by atoms with Crippen molar-refractivity contribution >= 4 is 35.3 Å². The molecule has 0 saturated carbocycles. The zero-order valence-electron chi connectivity index (χ0n) is 7.60. The lowest BCUT2D eigenvalue weighted by molar-refractivity contribution is -0.151. The fourth-order valence-electron chi connectivity index (χ4n) is 1.22. The second kappa shape index (κ2) is 4.24. The summed E-state index contributed by atoms with van der Waals surface area (Å²) in [7, 11) is 0. The third-order valence-electron chi connectivity index (χ3n) is 1.92. The summed E-state index contributed by atoms with van der Waals surface area (Å²) >= 11 is 7.04. The molecule has 2 rings (SSSR count). The first-order valence-electron chi connectivity index (χ1n) is 4.32. The van der Waals surface area contributed by atoms with Crippen LogP contribution in [0.25, 0.3) is 0 Å². The molecule has 0 aromatic heterocycles. The number of carbonyl (C=O) groups is 2. The van der Waals surface area contributed by atoms with Crippen molar-refractivity contribution in [2.24, 2.45) is 0 Å². The zero-order chi connectivity index (χ0) is 10.8. The number of ether oxygens (including phenoxy) is 1. The molecule has 1 aromatic carbocycles. The highest BCUT2D eigenvalue weighted by Gasteiger charge is 2.34. The summed E-state index contributed by atoms with van der Waals surface area (Å²) in [5.41, 5.74) is 0. The summed E-state index contributed by atoms with van der Waals surface area (Å²) in [4.78, 5) is 22.9. The SMILES string of the molecule is O=C1C[C@@H](Sc2ccc(Cl)cc2)C(=O)O1. The number of carbonyl (C=O) groups excluding carboxylic acids is 2. The summed E-state index contributed by atoms with van der Waals surface area (Å²) in [5.74, 6) is -0.911. The van der Waals surface area contributed by atoms with Gasteiger partial charge in [-0.1, -0.05) is 11.6 Å². The highest BCUT2D eigenvalue weighted by Crippen LogP contribution is 2.30. The van der Waals surface area contributed by atoms with Gasteiger partial charge in [-0.25, -0.2) is 0 Å². The lowest BCUT2D eigenvalue weighted by Gasteiger charge is -2.03. The monoisotopic (exact) mass is 242 g/mol. The lowest BCUT2D eigenvalue weighted by atomic mass is 10.3. The standard InChI is InChI=1S/C10H7ClO3S/c11-6-1-3-7(4-2-6)15-8-5-9(12)14-10(8)13/h1-4,8H,5H2/t8-/m1/s1. The van der Waals surface area contributed by atoms with Crippen molar-refractivity contribution in [3.8, 4) is 0 Å². The number of hydrogen-bond acceptors (Lipinski definition) is 4. The minimum Gasteiger partial charge on any atom is -0.392 e. The van der Waals surface area contributed by atoms with Crippen molar-refractivity contribution in [1.29, 1.82) is 0 Å². The molecule has 0 radical (unpaired) electrons. The van der Waals surface area contributed by atoms with Gasteiger partial charge in [-0.15, -0.1) is 11.8 Å². The minimum atomic E-state index is -0.458. The summed E-state index contributed by atoms with van der Waals surface area (Å²) < 4.78 is 4.45. The highest BCUT2D eigenvalue weighted by molar-refractivity contribution is 8.00. The molecule has 0 bridgehead atoms. The Morgan fingerprint density at radius 2 is 1.93 bits per heavy atom. The van der Waals surface area contributed by atoms with Gasteiger partial charge in [0.2, 0.25) is 0 Å². The van der Waals surface area contributed by atoms with Crippen molar-refractivity contribution in [1.82, 2.24) is 0 Å². The van der Waals surface area contributed by atoms with Gasteiger partial charge in [-0.05, 0) is 24.3 Å². The number of benzene rings is 1. The first kappa shape index (κ1) is 10.5. The van der Waals surface area contributed by atoms with E-state index in [1.165, 1.54) is 11.8 Å². The molecule has 1 aromatic rings. The topological polar surface area (TPSA) is 43.4 Å². The molecule has 0 unspecified atom stereocenters. The molecule has 0 aliphatic carbocycles. The van der Waals surface area contributed by atoms with Crippen LogP contribution in [0.3, 0.4) is 0 Å². The molecule has 1 saturated heterocycles. The molecule has 5 heteroatoms. The van der Waals surface area contributed by atoms with Crippen molar-refractivity contribution in [2.45, 2.75) is 16.6 Å². The van der Waals surface area contributed by atoms with Crippen LogP contribution in [0.15, 0.2) is 29.2 Å². The fourth-order valence-corrected chi connectivity index (χ4v) is 2.33. The Hall–Kier alpha value is -1.00. The number of hydrogen-bond donors (Lipinski definition) is 0. The summed E-state index contributed by atoms with van der Waals surface area (Å²) in [6.07, 6.45) is 0.145. The maximum atomic E-state index is 11.2. The van der Waals surface area contributed by atoms with Crippen LogP contribution in [0.2, 0.25) is 5.02 Å². The Bertz CT molecular complexity index is 402. The summed E-state index contributed by atoms with van der Waals surface area (Å²) in [6, 6.07) is 7.10. The van der Waals surface area contributed by atoms with Crippen LogP contribution in [0.4, 0.5) is 0 Å². The van der Waals surface area contributed by atoms with E-state index in [0.29, 0.717) is 5.02 Å². The van der Waals surface area contributed by atoms with E-state index in [9.17, 15) is 9.59 Å². The maximum Gasteiger partial charge on any atom is 0.327 e. The first-order chi connectivity index (χ1) is 7.15. The van der Waals surface area contributed by atoms with Crippen molar-refractivity contribution < 1.29 is 14.3 Å². The molecule has 1 aliphatic rings. The lowest BCUT2D eigenvalue weighted by Crippen LogP contribution is -2.08. The van der Waals surface area contributed by atoms with Crippen molar-refractivity contribution in [3.05, 3.63) is 29.3 Å². The Kier molecular flexibility index (Phi) is 2.98. The minimum absolute atomic E-state index is 0.145. The molecule has 1 heterocycles. The smallest absolute Gasteiger partial charge is 0.327 e. The van der Waals surface area contributed by atoms with E-state index in [0.717, 1.165) is 4.90 Å². The number of esters is 2. The van der Waals surface area contributed by atoms with E-state index in [1.807, 2.05) is 12.1 Å². The van der Waals surface area contributed by atoms with E-state index >= 15 is 0 Å². The Morgan fingerprint density at radius 3 is 2.47 bits per heavy atom. The van der Waals surface area contributed by atoms with Crippen molar-refractivity contribution in [3.63, 3.8) is 0 Å². The molecular formula is C10H7ClO3S. The van der Waals surface area contributed by atoms with Gasteiger partial charge in [0, 0.05) is 9.92 Å². The molecule has 0 N–H and O–H groups in total. The third kappa shape index (κ3) is 2.52. The van der Waals surface area contributed by atoms with E-state index < -0.39 is 17.2 Å². The van der Waals surface area contributed by atoms with Gasteiger partial charge in [0.25, 0.3) is 0 Å². The van der Waals surface area contributed by atoms with Gasteiger partial charge in [-0.2, -0.15) is 0 Å². The van der Waals surface area contributed by atoms with E-state index in [1.54, 1.807) is 12.1 Å². The number of halogens is 1. The van der Waals surface area contributed by atoms with Gasteiger partial charge in [0.1, 0.15) is 5.25 Å². The average Bonchev–Trinajstić information content (AvgIpc) is 2.49. The predicted molar refractivity (Wildman–Crippen MR) is 56.8 cm³/mol. The first-order valence-corrected chi connectivity index (χ1v) is 5.57. The van der Waals surface area contributed by atoms with Crippen LogP contribution in [0.1, 0.15) is 6.42 Å². The third-order valence-corrected chi connectivity index (χ3v) is 3.36. The highest BCUT2D eigenvalue weighted by atomic mass is 35.5. The molecule has 78 valence electrons. The van der Waals surface area contributed by atoms with Crippen LogP contribution < -0.4 is 0 Å². The van der Waals surface area contributed by atoms with Crippen LogP contribution in [0, 0.1) is 0 Å². The molecule has 1 fully saturated rings. The Morgan fingerprint density at radius 1 is 1.27 bits per heavy atom. The zero-order valence-corrected chi connectivity index (χ0v) is 9.18. The van der Waals surface area contributed by atoms with Gasteiger partial charge in [0.05, 0.1) is 6.42 Å². The largest absolute Gasteiger partial charge is 0.392 e. The second-order valence-electron chi connectivity index (χ2n) is 3.06. The van der Waals surface area contributed by atoms with E-state index in [-0.39, 0.29) is 6.42 Å². The van der Waals surface area contributed by atoms with Gasteiger partial charge < -0.3 is 4.74 Å². The molecule has 15 heavy (non-hydrogen) atoms. The number of thioether (sulfide) groups is 1. The van der Waals surface area contributed by atoms with Crippen LogP contribution in [-0.4, -0.2) is 17.2 Å². The quantitative estimate of drug-likeness (QED) is 0.590. The molecule has 0 amide bonds. The normalized spacial score (nSPS) is 20.5. The predicted octanol–water partition coefficient (Wildman–Crippen LogP) is 2.27. The Balaban J connectivity index is 2.06.